The number of methoxy groups -OCH3 is 1. The molecular formula is C24H19BrCl2N2O4. The maximum absolute atomic E-state index is 12.8. The van der Waals surface area contributed by atoms with E-state index in [1.165, 1.54) is 13.3 Å². The van der Waals surface area contributed by atoms with Crippen molar-refractivity contribution in [2.45, 2.75) is 13.0 Å². The lowest BCUT2D eigenvalue weighted by Crippen LogP contribution is -2.28. The summed E-state index contributed by atoms with van der Waals surface area (Å²) in [6, 6.07) is 8.71. The largest absolute Gasteiger partial charge is 0.493 e. The van der Waals surface area contributed by atoms with E-state index < -0.39 is 0 Å². The molecule has 0 aromatic heterocycles. The highest BCUT2D eigenvalue weighted by Gasteiger charge is 2.59. The zero-order chi connectivity index (χ0) is 23.3. The third kappa shape index (κ3) is 3.96. The van der Waals surface area contributed by atoms with Crippen molar-refractivity contribution in [3.8, 4) is 11.5 Å². The van der Waals surface area contributed by atoms with Crippen LogP contribution in [0.1, 0.15) is 17.5 Å². The van der Waals surface area contributed by atoms with Gasteiger partial charge in [0, 0.05) is 15.6 Å². The molecule has 0 unspecified atom stereocenters. The van der Waals surface area contributed by atoms with Gasteiger partial charge in [0.25, 0.3) is 11.8 Å². The van der Waals surface area contributed by atoms with Crippen molar-refractivity contribution in [2.75, 3.05) is 7.11 Å². The standard InChI is InChI=1S/C24H19BrCl2N2O4/c1-32-19-7-12(6-17(25)22(19)33-11-15-4-5-16(26)9-18(15)27)10-28-29-23(30)20-13-2-3-14(8-13)21(20)24(29)31/h2-7,9-10,13-14,20-21H,8,11H2,1H3/b28-10-/t13-,14-,20-,21+/m0/s1. The Morgan fingerprint density at radius 2 is 1.82 bits per heavy atom. The summed E-state index contributed by atoms with van der Waals surface area (Å²) in [6.45, 7) is 0.217. The molecule has 5 rings (SSSR count). The zero-order valence-electron chi connectivity index (χ0n) is 17.5. The van der Waals surface area contributed by atoms with Crippen LogP contribution >= 0.6 is 39.1 Å². The van der Waals surface area contributed by atoms with E-state index in [0.29, 0.717) is 31.6 Å². The Morgan fingerprint density at radius 1 is 1.12 bits per heavy atom. The average Bonchev–Trinajstić information content (AvgIpc) is 3.46. The highest BCUT2D eigenvalue weighted by Crippen LogP contribution is 2.52. The van der Waals surface area contributed by atoms with Crippen molar-refractivity contribution < 1.29 is 19.1 Å². The maximum atomic E-state index is 12.8. The van der Waals surface area contributed by atoms with Crippen molar-refractivity contribution in [3.63, 3.8) is 0 Å². The fraction of sp³-hybridized carbons (Fsp3) is 0.292. The molecule has 0 N–H and O–H groups in total. The van der Waals surface area contributed by atoms with Crippen LogP contribution in [0.5, 0.6) is 11.5 Å². The van der Waals surface area contributed by atoms with Crippen molar-refractivity contribution >= 4 is 57.2 Å². The van der Waals surface area contributed by atoms with Crippen LogP contribution in [0.25, 0.3) is 0 Å². The van der Waals surface area contributed by atoms with Crippen LogP contribution in [0.2, 0.25) is 10.0 Å². The first-order valence-corrected chi connectivity index (χ1v) is 12.0. The Morgan fingerprint density at radius 3 is 2.45 bits per heavy atom. The Labute approximate surface area is 209 Å². The number of benzene rings is 2. The first kappa shape index (κ1) is 22.4. The van der Waals surface area contributed by atoms with E-state index in [0.717, 1.165) is 17.0 Å². The molecule has 4 atom stereocenters. The van der Waals surface area contributed by atoms with Crippen molar-refractivity contribution in [1.29, 1.82) is 0 Å². The number of rotatable bonds is 6. The van der Waals surface area contributed by atoms with E-state index in [9.17, 15) is 9.59 Å². The molecule has 2 aliphatic carbocycles. The van der Waals surface area contributed by atoms with Gasteiger partial charge in [-0.25, -0.2) is 0 Å². The number of carbonyl (C=O) groups excluding carboxylic acids is 2. The van der Waals surface area contributed by atoms with Gasteiger partial charge in [-0.05, 0) is 64.0 Å². The summed E-state index contributed by atoms with van der Waals surface area (Å²) in [5, 5.41) is 6.31. The molecule has 33 heavy (non-hydrogen) atoms. The molecule has 9 heteroatoms. The molecule has 1 heterocycles. The van der Waals surface area contributed by atoms with E-state index in [1.54, 1.807) is 30.3 Å². The summed E-state index contributed by atoms with van der Waals surface area (Å²) in [4.78, 5) is 25.6. The quantitative estimate of drug-likeness (QED) is 0.271. The van der Waals surface area contributed by atoms with Crippen LogP contribution in [-0.2, 0) is 16.2 Å². The van der Waals surface area contributed by atoms with Gasteiger partial charge in [0.05, 0.1) is 29.6 Å². The number of nitrogens with zero attached hydrogens (tertiary/aromatic N) is 2. The molecule has 1 aliphatic heterocycles. The lowest BCUT2D eigenvalue weighted by atomic mass is 9.85. The van der Waals surface area contributed by atoms with Gasteiger partial charge in [-0.2, -0.15) is 10.1 Å². The molecular weight excluding hydrogens is 531 g/mol. The molecule has 170 valence electrons. The number of halogens is 3. The molecule has 1 saturated carbocycles. The van der Waals surface area contributed by atoms with Crippen LogP contribution in [0.15, 0.2) is 52.1 Å². The summed E-state index contributed by atoms with van der Waals surface area (Å²) >= 11 is 15.7. The predicted molar refractivity (Wildman–Crippen MR) is 129 cm³/mol. The van der Waals surface area contributed by atoms with Crippen molar-refractivity contribution in [2.24, 2.45) is 28.8 Å². The molecule has 1 saturated heterocycles. The SMILES string of the molecule is COc1cc(/C=N\N2C(=O)[C@@H]3[C@H](C2=O)[C@H]2C=C[C@H]3C2)cc(Br)c1OCc1ccc(Cl)cc1Cl. The molecule has 2 aromatic rings. The lowest BCUT2D eigenvalue weighted by molar-refractivity contribution is -0.140. The summed E-state index contributed by atoms with van der Waals surface area (Å²) < 4.78 is 12.1. The van der Waals surface area contributed by atoms with Gasteiger partial charge in [0.15, 0.2) is 11.5 Å². The fourth-order valence-corrected chi connectivity index (χ4v) is 5.91. The van der Waals surface area contributed by atoms with Crippen molar-refractivity contribution in [3.05, 3.63) is 68.1 Å². The van der Waals surface area contributed by atoms with E-state index in [2.05, 4.69) is 33.2 Å². The van der Waals surface area contributed by atoms with Crippen LogP contribution in [0.3, 0.4) is 0 Å². The van der Waals surface area contributed by atoms with E-state index in [-0.39, 0.29) is 42.1 Å². The number of fused-ring (bicyclic) bond motifs is 5. The third-order valence-corrected chi connectivity index (χ3v) is 7.58. The number of carbonyl (C=O) groups is 2. The van der Waals surface area contributed by atoms with Crippen LogP contribution < -0.4 is 9.47 Å². The van der Waals surface area contributed by atoms with Crippen LogP contribution in [-0.4, -0.2) is 30.1 Å². The lowest BCUT2D eigenvalue weighted by Gasteiger charge is -2.15. The Kier molecular flexibility index (Phi) is 5.97. The summed E-state index contributed by atoms with van der Waals surface area (Å²) in [5.41, 5.74) is 1.43. The van der Waals surface area contributed by atoms with Gasteiger partial charge in [0.2, 0.25) is 0 Å². The number of amides is 2. The number of ether oxygens (including phenoxy) is 2. The zero-order valence-corrected chi connectivity index (χ0v) is 20.6. The monoisotopic (exact) mass is 548 g/mol. The average molecular weight is 550 g/mol. The first-order valence-electron chi connectivity index (χ1n) is 10.4. The van der Waals surface area contributed by atoms with Gasteiger partial charge in [0.1, 0.15) is 6.61 Å². The summed E-state index contributed by atoms with van der Waals surface area (Å²) in [5.74, 6) is 0.267. The summed E-state index contributed by atoms with van der Waals surface area (Å²) in [6.07, 6.45) is 6.49. The third-order valence-electron chi connectivity index (χ3n) is 6.41. The van der Waals surface area contributed by atoms with Crippen LogP contribution in [0.4, 0.5) is 0 Å². The van der Waals surface area contributed by atoms with Gasteiger partial charge < -0.3 is 9.47 Å². The van der Waals surface area contributed by atoms with Crippen molar-refractivity contribution in [1.82, 2.24) is 5.01 Å². The highest BCUT2D eigenvalue weighted by molar-refractivity contribution is 9.10. The second-order valence-electron chi connectivity index (χ2n) is 8.29. The molecule has 3 aliphatic rings. The van der Waals surface area contributed by atoms with Gasteiger partial charge in [-0.3, -0.25) is 9.59 Å². The Bertz CT molecular complexity index is 1190. The summed E-state index contributed by atoms with van der Waals surface area (Å²) in [7, 11) is 1.53. The number of imide groups is 1. The first-order chi connectivity index (χ1) is 15.9. The maximum Gasteiger partial charge on any atom is 0.254 e. The minimum absolute atomic E-state index is 0.150. The second kappa shape index (κ2) is 8.78. The molecule has 2 amide bonds. The molecule has 0 spiro atoms. The van der Waals surface area contributed by atoms with Crippen LogP contribution in [0, 0.1) is 23.7 Å². The molecule has 2 aromatic carbocycles. The van der Waals surface area contributed by atoms with E-state index >= 15 is 0 Å². The Hall–Kier alpha value is -2.35. The molecule has 0 radical (unpaired) electrons. The highest BCUT2D eigenvalue weighted by atomic mass is 79.9. The smallest absolute Gasteiger partial charge is 0.254 e. The van der Waals surface area contributed by atoms with Gasteiger partial charge >= 0.3 is 0 Å². The number of hydrazone groups is 1. The number of hydrogen-bond donors (Lipinski definition) is 0. The molecule has 2 bridgehead atoms. The number of hydrogen-bond acceptors (Lipinski definition) is 5. The van der Waals surface area contributed by atoms with Gasteiger partial charge in [-0.1, -0.05) is 41.4 Å². The Balaban J connectivity index is 1.33. The predicted octanol–water partition coefficient (Wildman–Crippen LogP) is 5.48. The van der Waals surface area contributed by atoms with E-state index in [4.69, 9.17) is 32.7 Å². The van der Waals surface area contributed by atoms with Gasteiger partial charge in [-0.15, -0.1) is 0 Å². The second-order valence-corrected chi connectivity index (χ2v) is 9.99. The molecule has 2 fully saturated rings. The minimum atomic E-state index is -0.276. The normalized spacial score (nSPS) is 25.4. The number of allylic oxidation sites excluding steroid dienone is 2. The van der Waals surface area contributed by atoms with E-state index in [1.807, 2.05) is 0 Å². The topological polar surface area (TPSA) is 68.2 Å². The fourth-order valence-electron chi connectivity index (χ4n) is 4.87. The minimum Gasteiger partial charge on any atom is -0.493 e. The molecule has 6 nitrogen and oxygen atoms in total.